The van der Waals surface area contributed by atoms with Crippen molar-refractivity contribution >= 4 is 54.4 Å². The van der Waals surface area contributed by atoms with Crippen LogP contribution in [-0.4, -0.2) is 17.6 Å². The summed E-state index contributed by atoms with van der Waals surface area (Å²) < 4.78 is 13.1. The van der Waals surface area contributed by atoms with Crippen molar-refractivity contribution in [1.82, 2.24) is 0 Å². The van der Waals surface area contributed by atoms with E-state index in [0.717, 1.165) is 8.95 Å². The van der Waals surface area contributed by atoms with E-state index in [1.54, 1.807) is 42.5 Å². The molecule has 1 aliphatic rings. The standard InChI is InChI=1S/C25H17Br2NO5/c1-2-32-20-10-13(6-8-18(20)29)22-21-23(30)17-12-15(27)7-9-19(17)33-24(21)25(31)28(22)16-5-3-4-14(26)11-16/h3-12,22,29H,2H2,1H3. The summed E-state index contributed by atoms with van der Waals surface area (Å²) in [5.74, 6) is -0.154. The highest BCUT2D eigenvalue weighted by Crippen LogP contribution is 2.43. The smallest absolute Gasteiger partial charge is 0.295 e. The second-order valence-corrected chi connectivity index (χ2v) is 9.36. The third-order valence-corrected chi connectivity index (χ3v) is 6.50. The maximum Gasteiger partial charge on any atom is 0.295 e. The minimum Gasteiger partial charge on any atom is -0.504 e. The number of phenols is 1. The average molecular weight is 571 g/mol. The molecule has 1 N–H and O–H groups in total. The number of phenolic OH excluding ortho intramolecular Hbond substituents is 1. The molecule has 6 nitrogen and oxygen atoms in total. The predicted octanol–water partition coefficient (Wildman–Crippen LogP) is 6.17. The van der Waals surface area contributed by atoms with Crippen molar-refractivity contribution < 1.29 is 19.1 Å². The van der Waals surface area contributed by atoms with Gasteiger partial charge in [0.05, 0.1) is 23.6 Å². The zero-order chi connectivity index (χ0) is 23.3. The third-order valence-electron chi connectivity index (χ3n) is 5.52. The van der Waals surface area contributed by atoms with Crippen molar-refractivity contribution in [3.8, 4) is 11.5 Å². The van der Waals surface area contributed by atoms with Gasteiger partial charge in [0.15, 0.2) is 16.9 Å². The summed E-state index contributed by atoms with van der Waals surface area (Å²) in [5, 5.41) is 10.6. The zero-order valence-corrected chi connectivity index (χ0v) is 20.5. The first-order chi connectivity index (χ1) is 15.9. The molecule has 33 heavy (non-hydrogen) atoms. The van der Waals surface area contributed by atoms with Crippen LogP contribution in [0.2, 0.25) is 0 Å². The number of halogens is 2. The van der Waals surface area contributed by atoms with E-state index >= 15 is 0 Å². The summed E-state index contributed by atoms with van der Waals surface area (Å²) in [5.41, 5.74) is 1.52. The van der Waals surface area contributed by atoms with Gasteiger partial charge in [-0.2, -0.15) is 0 Å². The number of benzene rings is 3. The third kappa shape index (κ3) is 3.63. The Kier molecular flexibility index (Phi) is 5.50. The average Bonchev–Trinajstić information content (AvgIpc) is 3.08. The van der Waals surface area contributed by atoms with Crippen molar-refractivity contribution in [2.45, 2.75) is 13.0 Å². The molecule has 3 aromatic carbocycles. The van der Waals surface area contributed by atoms with Gasteiger partial charge in [-0.05, 0) is 61.0 Å². The van der Waals surface area contributed by atoms with E-state index < -0.39 is 11.9 Å². The van der Waals surface area contributed by atoms with Crippen molar-refractivity contribution in [2.24, 2.45) is 0 Å². The number of hydrogen-bond acceptors (Lipinski definition) is 5. The lowest BCUT2D eigenvalue weighted by atomic mass is 9.97. The molecule has 0 spiro atoms. The summed E-state index contributed by atoms with van der Waals surface area (Å²) >= 11 is 6.86. The molecular formula is C25H17Br2NO5. The van der Waals surface area contributed by atoms with Gasteiger partial charge in [-0.1, -0.05) is 44.0 Å². The number of fused-ring (bicyclic) bond motifs is 2. The summed E-state index contributed by atoms with van der Waals surface area (Å²) in [6, 6.07) is 16.5. The van der Waals surface area contributed by atoms with Crippen LogP contribution in [-0.2, 0) is 0 Å². The van der Waals surface area contributed by atoms with Gasteiger partial charge in [-0.3, -0.25) is 14.5 Å². The van der Waals surface area contributed by atoms with Crippen LogP contribution in [0.3, 0.4) is 0 Å². The van der Waals surface area contributed by atoms with Gasteiger partial charge in [0, 0.05) is 14.6 Å². The molecule has 0 bridgehead atoms. The Morgan fingerprint density at radius 3 is 2.58 bits per heavy atom. The second-order valence-electron chi connectivity index (χ2n) is 7.53. The lowest BCUT2D eigenvalue weighted by Gasteiger charge is -2.26. The molecule has 2 heterocycles. The fourth-order valence-corrected chi connectivity index (χ4v) is 4.87. The molecule has 0 fully saturated rings. The Bertz CT molecular complexity index is 1480. The van der Waals surface area contributed by atoms with E-state index in [0.29, 0.717) is 28.8 Å². The van der Waals surface area contributed by atoms with Crippen LogP contribution in [0, 0.1) is 0 Å². The molecule has 0 saturated heterocycles. The number of ether oxygens (including phenoxy) is 1. The highest BCUT2D eigenvalue weighted by atomic mass is 79.9. The van der Waals surface area contributed by atoms with Crippen molar-refractivity contribution in [3.63, 3.8) is 0 Å². The summed E-state index contributed by atoms with van der Waals surface area (Å²) in [7, 11) is 0. The Balaban J connectivity index is 1.81. The van der Waals surface area contributed by atoms with Crippen LogP contribution in [0.4, 0.5) is 5.69 Å². The Morgan fingerprint density at radius 2 is 1.82 bits per heavy atom. The number of carbonyl (C=O) groups excluding carboxylic acids is 1. The van der Waals surface area contributed by atoms with Crippen LogP contribution in [0.15, 0.2) is 78.8 Å². The molecule has 1 amide bonds. The minimum absolute atomic E-state index is 0.00540. The Morgan fingerprint density at radius 1 is 1.03 bits per heavy atom. The monoisotopic (exact) mass is 569 g/mol. The first-order valence-electron chi connectivity index (χ1n) is 10.2. The van der Waals surface area contributed by atoms with Crippen LogP contribution >= 0.6 is 31.9 Å². The van der Waals surface area contributed by atoms with Gasteiger partial charge in [0.2, 0.25) is 5.76 Å². The first kappa shape index (κ1) is 21.7. The number of carbonyl (C=O) groups is 1. The van der Waals surface area contributed by atoms with Crippen LogP contribution in [0.1, 0.15) is 34.6 Å². The summed E-state index contributed by atoms with van der Waals surface area (Å²) in [6.45, 7) is 2.17. The number of anilines is 1. The molecule has 4 aromatic rings. The molecular weight excluding hydrogens is 554 g/mol. The lowest BCUT2D eigenvalue weighted by molar-refractivity contribution is 0.0971. The van der Waals surface area contributed by atoms with Gasteiger partial charge in [0.1, 0.15) is 5.58 Å². The summed E-state index contributed by atoms with van der Waals surface area (Å²) in [6.07, 6.45) is 0. The normalized spacial score (nSPS) is 15.2. The van der Waals surface area contributed by atoms with Crippen LogP contribution in [0.5, 0.6) is 11.5 Å². The SMILES string of the molecule is CCOc1cc(C2c3c(oc4ccc(Br)cc4c3=O)C(=O)N2c2cccc(Br)c2)ccc1O. The Labute approximate surface area is 205 Å². The maximum absolute atomic E-state index is 13.7. The minimum atomic E-state index is -0.763. The molecule has 1 unspecified atom stereocenters. The topological polar surface area (TPSA) is 80.0 Å². The van der Waals surface area contributed by atoms with Crippen LogP contribution < -0.4 is 15.1 Å². The second kappa shape index (κ2) is 8.35. The van der Waals surface area contributed by atoms with Gasteiger partial charge < -0.3 is 14.3 Å². The Hall–Kier alpha value is -3.10. The molecule has 0 radical (unpaired) electrons. The molecule has 166 valence electrons. The maximum atomic E-state index is 13.7. The molecule has 0 aliphatic carbocycles. The number of nitrogens with zero attached hydrogens (tertiary/aromatic N) is 1. The van der Waals surface area contributed by atoms with E-state index in [1.807, 2.05) is 19.1 Å². The van der Waals surface area contributed by atoms with E-state index in [-0.39, 0.29) is 28.3 Å². The molecule has 1 aliphatic heterocycles. The van der Waals surface area contributed by atoms with E-state index in [2.05, 4.69) is 31.9 Å². The first-order valence-corrected chi connectivity index (χ1v) is 11.8. The van der Waals surface area contributed by atoms with Crippen molar-refractivity contribution in [2.75, 3.05) is 11.5 Å². The van der Waals surface area contributed by atoms with Gasteiger partial charge in [-0.15, -0.1) is 0 Å². The van der Waals surface area contributed by atoms with E-state index in [1.165, 1.54) is 11.0 Å². The number of aromatic hydroxyl groups is 1. The van der Waals surface area contributed by atoms with Crippen LogP contribution in [0.25, 0.3) is 11.0 Å². The number of amides is 1. The summed E-state index contributed by atoms with van der Waals surface area (Å²) in [4.78, 5) is 28.8. The number of hydrogen-bond donors (Lipinski definition) is 1. The van der Waals surface area contributed by atoms with E-state index in [9.17, 15) is 14.7 Å². The van der Waals surface area contributed by atoms with Gasteiger partial charge >= 0.3 is 0 Å². The highest BCUT2D eigenvalue weighted by molar-refractivity contribution is 9.10. The lowest BCUT2D eigenvalue weighted by Crippen LogP contribution is -2.29. The predicted molar refractivity (Wildman–Crippen MR) is 132 cm³/mol. The molecule has 8 heteroatoms. The highest BCUT2D eigenvalue weighted by Gasteiger charge is 2.44. The van der Waals surface area contributed by atoms with Crippen molar-refractivity contribution in [3.05, 3.63) is 96.7 Å². The fraction of sp³-hybridized carbons (Fsp3) is 0.120. The molecule has 0 saturated carbocycles. The van der Waals surface area contributed by atoms with Gasteiger partial charge in [-0.25, -0.2) is 0 Å². The molecule has 1 aromatic heterocycles. The number of rotatable bonds is 4. The molecule has 5 rings (SSSR count). The fourth-order valence-electron chi connectivity index (χ4n) is 4.12. The molecule has 1 atom stereocenters. The van der Waals surface area contributed by atoms with E-state index in [4.69, 9.17) is 9.15 Å². The zero-order valence-electron chi connectivity index (χ0n) is 17.3. The quantitative estimate of drug-likeness (QED) is 0.317. The van der Waals surface area contributed by atoms with Crippen molar-refractivity contribution in [1.29, 1.82) is 0 Å². The van der Waals surface area contributed by atoms with Gasteiger partial charge in [0.25, 0.3) is 5.91 Å². The largest absolute Gasteiger partial charge is 0.504 e.